The lowest BCUT2D eigenvalue weighted by molar-refractivity contribution is -0.145. The molecule has 13 heavy (non-hydrogen) atoms. The van der Waals surface area contributed by atoms with Gasteiger partial charge in [0.1, 0.15) is 6.04 Å². The van der Waals surface area contributed by atoms with E-state index in [0.717, 1.165) is 12.8 Å². The first-order chi connectivity index (χ1) is 6.04. The minimum Gasteiger partial charge on any atom is -0.480 e. The Bertz CT molecular complexity index is 183. The van der Waals surface area contributed by atoms with Gasteiger partial charge in [-0.1, -0.05) is 6.42 Å². The molecule has 1 heterocycles. The Morgan fingerprint density at radius 1 is 1.38 bits per heavy atom. The summed E-state index contributed by atoms with van der Waals surface area (Å²) in [6, 6.07) is 0.481. The van der Waals surface area contributed by atoms with Crippen molar-refractivity contribution >= 4 is 5.97 Å². The topological polar surface area (TPSA) is 40.5 Å². The molecule has 0 amide bonds. The zero-order valence-corrected chi connectivity index (χ0v) is 8.66. The van der Waals surface area contributed by atoms with Gasteiger partial charge in [-0.05, 0) is 33.6 Å². The molecular weight excluding hydrogens is 166 g/mol. The molecule has 0 radical (unpaired) electrons. The Hall–Kier alpha value is -0.570. The van der Waals surface area contributed by atoms with Crippen LogP contribution in [0.4, 0.5) is 0 Å². The zero-order chi connectivity index (χ0) is 10.0. The van der Waals surface area contributed by atoms with Crippen molar-refractivity contribution < 1.29 is 9.90 Å². The highest BCUT2D eigenvalue weighted by Gasteiger charge is 2.31. The maximum absolute atomic E-state index is 10.8. The van der Waals surface area contributed by atoms with Crippen molar-refractivity contribution in [2.75, 3.05) is 0 Å². The van der Waals surface area contributed by atoms with Crippen LogP contribution in [0, 0.1) is 0 Å². The molecule has 3 atom stereocenters. The van der Waals surface area contributed by atoms with E-state index in [-0.39, 0.29) is 6.04 Å². The predicted octanol–water partition coefficient (Wildman–Crippen LogP) is 1.72. The standard InChI is InChI=1S/C10H19NO2/c1-7-5-4-6-8(2)11(7)9(3)10(12)13/h7-9H,4-6H2,1-3H3,(H,12,13)/t7-,8+,9?. The van der Waals surface area contributed by atoms with Crippen molar-refractivity contribution in [1.82, 2.24) is 4.90 Å². The average Bonchev–Trinajstić information content (AvgIpc) is 2.03. The summed E-state index contributed by atoms with van der Waals surface area (Å²) in [4.78, 5) is 13.0. The van der Waals surface area contributed by atoms with Crippen molar-refractivity contribution in [2.45, 2.75) is 58.2 Å². The fourth-order valence-electron chi connectivity index (χ4n) is 2.33. The Morgan fingerprint density at radius 2 is 1.85 bits per heavy atom. The van der Waals surface area contributed by atoms with Crippen molar-refractivity contribution in [1.29, 1.82) is 0 Å². The molecule has 0 bridgehead atoms. The second kappa shape index (κ2) is 4.09. The highest BCUT2D eigenvalue weighted by molar-refractivity contribution is 5.73. The van der Waals surface area contributed by atoms with Crippen LogP contribution in [-0.2, 0) is 4.79 Å². The number of likely N-dealkylation sites (tertiary alicyclic amines) is 1. The number of hydrogen-bond acceptors (Lipinski definition) is 2. The van der Waals surface area contributed by atoms with Crippen molar-refractivity contribution in [3.05, 3.63) is 0 Å². The van der Waals surface area contributed by atoms with Gasteiger partial charge in [0.2, 0.25) is 0 Å². The van der Waals surface area contributed by atoms with Gasteiger partial charge < -0.3 is 5.11 Å². The number of rotatable bonds is 2. The maximum atomic E-state index is 10.8. The molecule has 1 saturated heterocycles. The van der Waals surface area contributed by atoms with Gasteiger partial charge in [0.15, 0.2) is 0 Å². The molecule has 0 spiro atoms. The van der Waals surface area contributed by atoms with E-state index in [0.29, 0.717) is 12.1 Å². The van der Waals surface area contributed by atoms with Gasteiger partial charge in [-0.25, -0.2) is 0 Å². The van der Waals surface area contributed by atoms with E-state index in [2.05, 4.69) is 18.7 Å². The quantitative estimate of drug-likeness (QED) is 0.712. The molecule has 1 rings (SSSR count). The van der Waals surface area contributed by atoms with Crippen LogP contribution in [0.1, 0.15) is 40.0 Å². The van der Waals surface area contributed by atoms with E-state index in [1.165, 1.54) is 6.42 Å². The summed E-state index contributed by atoms with van der Waals surface area (Å²) in [6.45, 7) is 6.02. The summed E-state index contributed by atoms with van der Waals surface area (Å²) >= 11 is 0. The second-order valence-corrected chi connectivity index (χ2v) is 4.09. The summed E-state index contributed by atoms with van der Waals surface area (Å²) in [7, 11) is 0. The van der Waals surface area contributed by atoms with Crippen LogP contribution in [0.25, 0.3) is 0 Å². The number of carboxylic acid groups (broad SMARTS) is 1. The first-order valence-electron chi connectivity index (χ1n) is 5.04. The van der Waals surface area contributed by atoms with Gasteiger partial charge in [-0.15, -0.1) is 0 Å². The summed E-state index contributed by atoms with van der Waals surface area (Å²) in [5.74, 6) is -0.708. The minimum atomic E-state index is -0.708. The normalized spacial score (nSPS) is 32.8. The van der Waals surface area contributed by atoms with Crippen LogP contribution in [0.5, 0.6) is 0 Å². The number of carboxylic acids is 1. The van der Waals surface area contributed by atoms with Gasteiger partial charge in [0.05, 0.1) is 0 Å². The highest BCUT2D eigenvalue weighted by atomic mass is 16.4. The van der Waals surface area contributed by atoms with Crippen LogP contribution in [0.3, 0.4) is 0 Å². The Balaban J connectivity index is 2.67. The first-order valence-corrected chi connectivity index (χ1v) is 5.04. The van der Waals surface area contributed by atoms with E-state index in [4.69, 9.17) is 5.11 Å². The van der Waals surface area contributed by atoms with Gasteiger partial charge in [0.25, 0.3) is 0 Å². The summed E-state index contributed by atoms with van der Waals surface area (Å²) in [5, 5.41) is 8.93. The van der Waals surface area contributed by atoms with Crippen LogP contribution in [0.2, 0.25) is 0 Å². The van der Waals surface area contributed by atoms with Crippen LogP contribution >= 0.6 is 0 Å². The summed E-state index contributed by atoms with van der Waals surface area (Å²) in [6.07, 6.45) is 3.48. The molecule has 0 aliphatic carbocycles. The van der Waals surface area contributed by atoms with Crippen LogP contribution < -0.4 is 0 Å². The molecule has 1 fully saturated rings. The van der Waals surface area contributed by atoms with Gasteiger partial charge in [0, 0.05) is 12.1 Å². The largest absolute Gasteiger partial charge is 0.480 e. The third-order valence-electron chi connectivity index (χ3n) is 3.07. The van der Waals surface area contributed by atoms with Crippen molar-refractivity contribution in [3.8, 4) is 0 Å². The maximum Gasteiger partial charge on any atom is 0.320 e. The van der Waals surface area contributed by atoms with Gasteiger partial charge in [-0.2, -0.15) is 0 Å². The predicted molar refractivity (Wildman–Crippen MR) is 51.7 cm³/mol. The molecule has 0 aromatic carbocycles. The molecule has 3 nitrogen and oxygen atoms in total. The van der Waals surface area contributed by atoms with Crippen molar-refractivity contribution in [3.63, 3.8) is 0 Å². The lowest BCUT2D eigenvalue weighted by Gasteiger charge is -2.41. The minimum absolute atomic E-state index is 0.342. The Labute approximate surface area is 79.7 Å². The fraction of sp³-hybridized carbons (Fsp3) is 0.900. The summed E-state index contributed by atoms with van der Waals surface area (Å²) in [5.41, 5.74) is 0. The molecule has 1 unspecified atom stereocenters. The lowest BCUT2D eigenvalue weighted by Crippen LogP contribution is -2.51. The van der Waals surface area contributed by atoms with Crippen LogP contribution in [-0.4, -0.2) is 34.1 Å². The monoisotopic (exact) mass is 185 g/mol. The molecule has 0 aromatic heterocycles. The number of nitrogens with zero attached hydrogens (tertiary/aromatic N) is 1. The van der Waals surface area contributed by atoms with Crippen molar-refractivity contribution in [2.24, 2.45) is 0 Å². The Morgan fingerprint density at radius 3 is 2.23 bits per heavy atom. The van der Waals surface area contributed by atoms with E-state index in [1.807, 2.05) is 0 Å². The van der Waals surface area contributed by atoms with E-state index in [1.54, 1.807) is 6.92 Å². The summed E-state index contributed by atoms with van der Waals surface area (Å²) < 4.78 is 0. The van der Waals surface area contributed by atoms with Gasteiger partial charge in [-0.3, -0.25) is 9.69 Å². The molecule has 0 aromatic rings. The zero-order valence-electron chi connectivity index (χ0n) is 8.66. The fourth-order valence-corrected chi connectivity index (χ4v) is 2.33. The SMILES string of the molecule is CC(C(=O)O)N1[C@H](C)CCC[C@@H]1C. The first kappa shape index (κ1) is 10.5. The number of piperidine rings is 1. The molecule has 1 aliphatic rings. The van der Waals surface area contributed by atoms with Crippen LogP contribution in [0.15, 0.2) is 0 Å². The lowest BCUT2D eigenvalue weighted by atomic mass is 9.95. The number of carbonyl (C=O) groups is 1. The molecule has 1 aliphatic heterocycles. The average molecular weight is 185 g/mol. The molecule has 0 saturated carbocycles. The smallest absolute Gasteiger partial charge is 0.320 e. The highest BCUT2D eigenvalue weighted by Crippen LogP contribution is 2.24. The molecule has 76 valence electrons. The van der Waals surface area contributed by atoms with E-state index >= 15 is 0 Å². The third-order valence-corrected chi connectivity index (χ3v) is 3.07. The van der Waals surface area contributed by atoms with Gasteiger partial charge >= 0.3 is 5.97 Å². The van der Waals surface area contributed by atoms with E-state index < -0.39 is 5.97 Å². The molecule has 3 heteroatoms. The Kier molecular flexibility index (Phi) is 3.31. The molecule has 1 N–H and O–H groups in total. The molecular formula is C10H19NO2. The number of aliphatic carboxylic acids is 1. The van der Waals surface area contributed by atoms with E-state index in [9.17, 15) is 4.79 Å². The number of hydrogen-bond donors (Lipinski definition) is 1. The third kappa shape index (κ3) is 2.21. The second-order valence-electron chi connectivity index (χ2n) is 4.09.